The van der Waals surface area contributed by atoms with Gasteiger partial charge in [-0.3, -0.25) is 0 Å². The van der Waals surface area contributed by atoms with Crippen molar-refractivity contribution in [3.8, 4) is 6.07 Å². The molecule has 15 heavy (non-hydrogen) atoms. The van der Waals surface area contributed by atoms with Gasteiger partial charge < -0.3 is 10.6 Å². The normalized spacial score (nSPS) is 21.1. The molecule has 1 aliphatic rings. The molecule has 2 rings (SSSR count). The molecule has 0 saturated carbocycles. The summed E-state index contributed by atoms with van der Waals surface area (Å²) in [6.07, 6.45) is 3.62. The first-order valence-electron chi connectivity index (χ1n) is 5.03. The molecule has 1 unspecified atom stereocenters. The van der Waals surface area contributed by atoms with Crippen LogP contribution >= 0.6 is 0 Å². The Labute approximate surface area is 88.5 Å². The second-order valence-electron chi connectivity index (χ2n) is 3.73. The smallest absolute Gasteiger partial charge is 0.169 e. The first-order valence-corrected chi connectivity index (χ1v) is 5.03. The van der Waals surface area contributed by atoms with Gasteiger partial charge in [-0.05, 0) is 18.9 Å². The van der Waals surface area contributed by atoms with Crippen LogP contribution in [-0.4, -0.2) is 29.3 Å². The molecule has 78 valence electrons. The number of piperidine rings is 1. The summed E-state index contributed by atoms with van der Waals surface area (Å²) >= 11 is 0. The number of hydrogen-bond donors (Lipinski definition) is 1. The number of hydrogen-bond acceptors (Lipinski definition) is 5. The van der Waals surface area contributed by atoms with Crippen molar-refractivity contribution < 1.29 is 0 Å². The molecule has 5 nitrogen and oxygen atoms in total. The van der Waals surface area contributed by atoms with Crippen LogP contribution in [0.5, 0.6) is 0 Å². The Bertz CT molecular complexity index is 384. The van der Waals surface area contributed by atoms with E-state index in [1.165, 1.54) is 6.20 Å². The molecule has 0 radical (unpaired) electrons. The summed E-state index contributed by atoms with van der Waals surface area (Å²) in [7, 11) is 0. The van der Waals surface area contributed by atoms with Gasteiger partial charge in [0.1, 0.15) is 6.07 Å². The predicted molar refractivity (Wildman–Crippen MR) is 56.2 cm³/mol. The maximum atomic E-state index is 8.94. The first-order chi connectivity index (χ1) is 7.31. The third kappa shape index (κ3) is 2.05. The number of rotatable bonds is 1. The summed E-state index contributed by atoms with van der Waals surface area (Å²) in [5.41, 5.74) is 6.45. The van der Waals surface area contributed by atoms with Crippen LogP contribution in [0.3, 0.4) is 0 Å². The Morgan fingerprint density at radius 1 is 1.60 bits per heavy atom. The van der Waals surface area contributed by atoms with Crippen molar-refractivity contribution >= 4 is 5.82 Å². The molecule has 1 atom stereocenters. The predicted octanol–water partition coefficient (Wildman–Crippen LogP) is 0.276. The molecule has 0 aliphatic carbocycles. The van der Waals surface area contributed by atoms with Crippen LogP contribution in [0.25, 0.3) is 0 Å². The highest BCUT2D eigenvalue weighted by atomic mass is 15.3. The van der Waals surface area contributed by atoms with E-state index in [0.29, 0.717) is 11.4 Å². The molecule has 1 aromatic rings. The monoisotopic (exact) mass is 203 g/mol. The fourth-order valence-corrected chi connectivity index (χ4v) is 1.85. The van der Waals surface area contributed by atoms with Crippen LogP contribution in [0.1, 0.15) is 18.4 Å². The fraction of sp³-hybridized carbons (Fsp3) is 0.500. The number of nitrogens with two attached hydrogens (primary N) is 1. The van der Waals surface area contributed by atoms with E-state index in [4.69, 9.17) is 11.0 Å². The Morgan fingerprint density at radius 2 is 2.47 bits per heavy atom. The molecule has 0 bridgehead atoms. The minimum absolute atomic E-state index is 0.173. The van der Waals surface area contributed by atoms with Gasteiger partial charge in [0.2, 0.25) is 0 Å². The molecule has 1 fully saturated rings. The lowest BCUT2D eigenvalue weighted by Crippen LogP contribution is -2.43. The average molecular weight is 203 g/mol. The zero-order valence-corrected chi connectivity index (χ0v) is 8.43. The van der Waals surface area contributed by atoms with Crippen LogP contribution < -0.4 is 10.6 Å². The van der Waals surface area contributed by atoms with Crippen molar-refractivity contribution in [1.29, 1.82) is 5.26 Å². The second kappa shape index (κ2) is 4.24. The van der Waals surface area contributed by atoms with Crippen molar-refractivity contribution in [2.75, 3.05) is 18.0 Å². The number of nitrogens with zero attached hydrogens (tertiary/aromatic N) is 4. The lowest BCUT2D eigenvalue weighted by Gasteiger charge is -2.31. The van der Waals surface area contributed by atoms with E-state index < -0.39 is 0 Å². The maximum Gasteiger partial charge on any atom is 0.169 e. The third-order valence-corrected chi connectivity index (χ3v) is 2.58. The van der Waals surface area contributed by atoms with Gasteiger partial charge in [-0.1, -0.05) is 0 Å². The highest BCUT2D eigenvalue weighted by Gasteiger charge is 2.20. The molecule has 1 saturated heterocycles. The summed E-state index contributed by atoms with van der Waals surface area (Å²) in [6, 6.07) is 3.98. The van der Waals surface area contributed by atoms with Gasteiger partial charge in [0.25, 0.3) is 0 Å². The van der Waals surface area contributed by atoms with Gasteiger partial charge in [0.05, 0.1) is 11.8 Å². The van der Waals surface area contributed by atoms with Crippen LogP contribution in [0.4, 0.5) is 5.82 Å². The van der Waals surface area contributed by atoms with Gasteiger partial charge in [0.15, 0.2) is 5.82 Å². The molecule has 0 amide bonds. The molecule has 0 spiro atoms. The summed E-state index contributed by atoms with van der Waals surface area (Å²) in [6.45, 7) is 1.66. The van der Waals surface area contributed by atoms with Crippen LogP contribution in [0.2, 0.25) is 0 Å². The number of anilines is 1. The van der Waals surface area contributed by atoms with Gasteiger partial charge in [-0.2, -0.15) is 10.4 Å². The largest absolute Gasteiger partial charge is 0.352 e. The van der Waals surface area contributed by atoms with E-state index in [0.717, 1.165) is 25.9 Å². The van der Waals surface area contributed by atoms with Crippen molar-refractivity contribution in [2.24, 2.45) is 5.73 Å². The van der Waals surface area contributed by atoms with Crippen molar-refractivity contribution in [2.45, 2.75) is 18.9 Å². The minimum atomic E-state index is 0.173. The SMILES string of the molecule is N#Cc1ccnnc1N1CCCC(N)C1. The zero-order chi connectivity index (χ0) is 10.7. The standard InChI is InChI=1S/C10H13N5/c11-6-8-3-4-13-14-10(8)15-5-1-2-9(12)7-15/h3-4,9H,1-2,5,7,12H2. The van der Waals surface area contributed by atoms with Crippen molar-refractivity contribution in [1.82, 2.24) is 10.2 Å². The van der Waals surface area contributed by atoms with Crippen molar-refractivity contribution in [3.63, 3.8) is 0 Å². The van der Waals surface area contributed by atoms with Gasteiger partial charge >= 0.3 is 0 Å². The Hall–Kier alpha value is -1.67. The van der Waals surface area contributed by atoms with Crippen molar-refractivity contribution in [3.05, 3.63) is 17.8 Å². The van der Waals surface area contributed by atoms with E-state index in [2.05, 4.69) is 16.3 Å². The molecule has 2 heterocycles. The zero-order valence-electron chi connectivity index (χ0n) is 8.43. The summed E-state index contributed by atoms with van der Waals surface area (Å²) in [4.78, 5) is 2.04. The fourth-order valence-electron chi connectivity index (χ4n) is 1.85. The van der Waals surface area contributed by atoms with E-state index in [1.54, 1.807) is 6.07 Å². The Balaban J connectivity index is 2.25. The van der Waals surface area contributed by atoms with Gasteiger partial charge in [0, 0.05) is 19.1 Å². The van der Waals surface area contributed by atoms with E-state index in [-0.39, 0.29) is 6.04 Å². The van der Waals surface area contributed by atoms with Crippen LogP contribution in [-0.2, 0) is 0 Å². The molecule has 1 aromatic heterocycles. The minimum Gasteiger partial charge on any atom is -0.352 e. The topological polar surface area (TPSA) is 78.8 Å². The Kier molecular flexibility index (Phi) is 2.79. The summed E-state index contributed by atoms with van der Waals surface area (Å²) in [5, 5.41) is 16.8. The summed E-state index contributed by atoms with van der Waals surface area (Å²) < 4.78 is 0. The summed E-state index contributed by atoms with van der Waals surface area (Å²) in [5.74, 6) is 0.662. The van der Waals surface area contributed by atoms with E-state index >= 15 is 0 Å². The molecule has 0 aromatic carbocycles. The van der Waals surface area contributed by atoms with Gasteiger partial charge in [-0.25, -0.2) is 0 Å². The maximum absolute atomic E-state index is 8.94. The number of aromatic nitrogens is 2. The highest BCUT2D eigenvalue weighted by Crippen LogP contribution is 2.19. The number of nitriles is 1. The van der Waals surface area contributed by atoms with Crippen LogP contribution in [0.15, 0.2) is 12.3 Å². The lowest BCUT2D eigenvalue weighted by molar-refractivity contribution is 0.501. The third-order valence-electron chi connectivity index (χ3n) is 2.58. The van der Waals surface area contributed by atoms with Crippen LogP contribution in [0, 0.1) is 11.3 Å². The van der Waals surface area contributed by atoms with E-state index in [9.17, 15) is 0 Å². The Morgan fingerprint density at radius 3 is 3.20 bits per heavy atom. The molecule has 2 N–H and O–H groups in total. The molecule has 5 heteroatoms. The first kappa shape index (κ1) is 9.87. The highest BCUT2D eigenvalue weighted by molar-refractivity contribution is 5.52. The average Bonchev–Trinajstić information content (AvgIpc) is 2.29. The quantitative estimate of drug-likeness (QED) is 0.709. The molecule has 1 aliphatic heterocycles. The molecular weight excluding hydrogens is 190 g/mol. The van der Waals surface area contributed by atoms with Gasteiger partial charge in [-0.15, -0.1) is 5.10 Å². The lowest BCUT2D eigenvalue weighted by atomic mass is 10.1. The molecular formula is C10H13N5. The second-order valence-corrected chi connectivity index (χ2v) is 3.73. The van der Waals surface area contributed by atoms with E-state index in [1.807, 2.05) is 4.90 Å².